The molecule has 1 fully saturated rings. The Hall–Kier alpha value is -1.59. The first-order valence-electron chi connectivity index (χ1n) is 7.26. The summed E-state index contributed by atoms with van der Waals surface area (Å²) in [7, 11) is 1.49. The molecular formula is C14H23N3O3. The second-order valence-electron chi connectivity index (χ2n) is 6.08. The normalized spacial score (nSPS) is 26.6. The molecule has 6 heteroatoms. The van der Waals surface area contributed by atoms with Gasteiger partial charge >= 0.3 is 6.09 Å². The Labute approximate surface area is 119 Å². The molecular weight excluding hydrogens is 258 g/mol. The summed E-state index contributed by atoms with van der Waals surface area (Å²) in [6, 6.07) is 0. The number of nitrogens with zero attached hydrogens (tertiary/aromatic N) is 3. The van der Waals surface area contributed by atoms with E-state index in [2.05, 4.69) is 12.0 Å². The summed E-state index contributed by atoms with van der Waals surface area (Å²) in [5, 5.41) is 14.7. The molecule has 0 bridgehead atoms. The zero-order valence-electron chi connectivity index (χ0n) is 12.2. The van der Waals surface area contributed by atoms with Crippen LogP contribution in [0.25, 0.3) is 0 Å². The van der Waals surface area contributed by atoms with Crippen LogP contribution < -0.4 is 0 Å². The van der Waals surface area contributed by atoms with E-state index in [1.807, 2.05) is 0 Å². The Balaban J connectivity index is 1.87. The van der Waals surface area contributed by atoms with Crippen LogP contribution in [-0.2, 0) is 4.79 Å². The molecule has 0 unspecified atom stereocenters. The summed E-state index contributed by atoms with van der Waals surface area (Å²) in [5.74, 6) is 1.33. The van der Waals surface area contributed by atoms with Crippen LogP contribution in [0.4, 0.5) is 4.79 Å². The van der Waals surface area contributed by atoms with Gasteiger partial charge in [0, 0.05) is 13.6 Å². The number of hydrogen-bond donors (Lipinski definition) is 1. The van der Waals surface area contributed by atoms with E-state index < -0.39 is 6.09 Å². The molecule has 20 heavy (non-hydrogen) atoms. The highest BCUT2D eigenvalue weighted by atomic mass is 16.4. The molecule has 1 aliphatic carbocycles. The molecule has 112 valence electrons. The van der Waals surface area contributed by atoms with Crippen molar-refractivity contribution in [3.63, 3.8) is 0 Å². The highest BCUT2D eigenvalue weighted by molar-refractivity contribution is 6.06. The van der Waals surface area contributed by atoms with Crippen LogP contribution in [0.2, 0.25) is 0 Å². The van der Waals surface area contributed by atoms with Crippen molar-refractivity contribution in [2.75, 3.05) is 20.1 Å². The van der Waals surface area contributed by atoms with Crippen molar-refractivity contribution >= 4 is 17.7 Å². The van der Waals surface area contributed by atoms with Crippen molar-refractivity contribution < 1.29 is 14.7 Å². The Morgan fingerprint density at radius 1 is 1.40 bits per heavy atom. The number of hydrazone groups is 1. The Morgan fingerprint density at radius 2 is 2.05 bits per heavy atom. The molecule has 0 atom stereocenters. The van der Waals surface area contributed by atoms with E-state index in [9.17, 15) is 9.59 Å². The highest BCUT2D eigenvalue weighted by Gasteiger charge is 2.28. The van der Waals surface area contributed by atoms with Gasteiger partial charge in [0.15, 0.2) is 0 Å². The van der Waals surface area contributed by atoms with Crippen LogP contribution >= 0.6 is 0 Å². The van der Waals surface area contributed by atoms with E-state index in [-0.39, 0.29) is 18.9 Å². The van der Waals surface area contributed by atoms with Gasteiger partial charge in [-0.1, -0.05) is 19.8 Å². The highest BCUT2D eigenvalue weighted by Crippen LogP contribution is 2.29. The fraction of sp³-hybridized carbons (Fsp3) is 0.786. The molecule has 0 radical (unpaired) electrons. The van der Waals surface area contributed by atoms with Crippen molar-refractivity contribution in [1.29, 1.82) is 0 Å². The molecule has 1 saturated carbocycles. The molecule has 0 saturated heterocycles. The average molecular weight is 281 g/mol. The molecule has 1 aliphatic heterocycles. The van der Waals surface area contributed by atoms with Crippen LogP contribution in [0, 0.1) is 11.8 Å². The van der Waals surface area contributed by atoms with Crippen LogP contribution in [-0.4, -0.2) is 52.9 Å². The predicted molar refractivity (Wildman–Crippen MR) is 75.5 cm³/mol. The summed E-state index contributed by atoms with van der Waals surface area (Å²) in [6.07, 6.45) is 4.02. The fourth-order valence-electron chi connectivity index (χ4n) is 2.86. The van der Waals surface area contributed by atoms with Gasteiger partial charge in [-0.3, -0.25) is 4.79 Å². The maximum Gasteiger partial charge on any atom is 0.407 e. The van der Waals surface area contributed by atoms with Gasteiger partial charge in [0.25, 0.3) is 0 Å². The summed E-state index contributed by atoms with van der Waals surface area (Å²) in [6.45, 7) is 3.17. The fourth-order valence-corrected chi connectivity index (χ4v) is 2.86. The van der Waals surface area contributed by atoms with Gasteiger partial charge in [-0.05, 0) is 24.7 Å². The molecule has 0 aromatic carbocycles. The number of hydrogen-bond acceptors (Lipinski definition) is 3. The van der Waals surface area contributed by atoms with Crippen molar-refractivity contribution in [2.45, 2.75) is 39.0 Å². The molecule has 6 nitrogen and oxygen atoms in total. The molecule has 0 aromatic rings. The number of carbonyl (C=O) groups is 2. The second kappa shape index (κ2) is 6.24. The minimum atomic E-state index is -1.00. The van der Waals surface area contributed by atoms with Crippen LogP contribution in [0.3, 0.4) is 0 Å². The van der Waals surface area contributed by atoms with E-state index in [0.29, 0.717) is 18.2 Å². The maximum absolute atomic E-state index is 11.9. The third kappa shape index (κ3) is 3.71. The van der Waals surface area contributed by atoms with Crippen molar-refractivity contribution in [3.05, 3.63) is 0 Å². The Morgan fingerprint density at radius 3 is 2.65 bits per heavy atom. The first kappa shape index (κ1) is 14.8. The summed E-state index contributed by atoms with van der Waals surface area (Å²) < 4.78 is 0. The molecule has 2 amide bonds. The van der Waals surface area contributed by atoms with Crippen molar-refractivity contribution in [1.82, 2.24) is 9.91 Å². The number of rotatable bonds is 4. The van der Waals surface area contributed by atoms with E-state index in [4.69, 9.17) is 5.11 Å². The number of carbonyl (C=O) groups excluding carboxylic acids is 1. The van der Waals surface area contributed by atoms with E-state index in [1.54, 1.807) is 5.01 Å². The lowest BCUT2D eigenvalue weighted by Crippen LogP contribution is -2.30. The minimum absolute atomic E-state index is 0.00240. The topological polar surface area (TPSA) is 73.2 Å². The molecule has 0 aromatic heterocycles. The van der Waals surface area contributed by atoms with Crippen LogP contribution in [0.15, 0.2) is 5.10 Å². The lowest BCUT2D eigenvalue weighted by molar-refractivity contribution is -0.129. The van der Waals surface area contributed by atoms with E-state index in [1.165, 1.54) is 19.9 Å². The molecule has 1 N–H and O–H groups in total. The largest absolute Gasteiger partial charge is 0.465 e. The third-order valence-corrected chi connectivity index (χ3v) is 4.22. The number of carboxylic acid groups (broad SMARTS) is 1. The van der Waals surface area contributed by atoms with Crippen molar-refractivity contribution in [3.8, 4) is 0 Å². The Bertz CT molecular complexity index is 414. The minimum Gasteiger partial charge on any atom is -0.465 e. The van der Waals surface area contributed by atoms with Gasteiger partial charge in [0.1, 0.15) is 0 Å². The van der Waals surface area contributed by atoms with Gasteiger partial charge in [0.2, 0.25) is 5.91 Å². The van der Waals surface area contributed by atoms with Gasteiger partial charge in [-0.25, -0.2) is 9.80 Å². The summed E-state index contributed by atoms with van der Waals surface area (Å²) in [5.41, 5.74) is 0.643. The van der Waals surface area contributed by atoms with E-state index >= 15 is 0 Å². The molecule has 2 rings (SSSR count). The first-order chi connectivity index (χ1) is 9.45. The number of amides is 2. The quantitative estimate of drug-likeness (QED) is 0.856. The summed E-state index contributed by atoms with van der Waals surface area (Å²) >= 11 is 0. The van der Waals surface area contributed by atoms with Gasteiger partial charge in [0.05, 0.1) is 18.7 Å². The summed E-state index contributed by atoms with van der Waals surface area (Å²) in [4.78, 5) is 23.8. The van der Waals surface area contributed by atoms with Crippen molar-refractivity contribution in [2.24, 2.45) is 16.9 Å². The SMILES string of the molecule is CC1CCC(CN2N=C(CN(C)C(=O)O)CC2=O)CC1. The second-order valence-corrected chi connectivity index (χ2v) is 6.08. The lowest BCUT2D eigenvalue weighted by Gasteiger charge is -2.28. The zero-order chi connectivity index (χ0) is 14.7. The maximum atomic E-state index is 11.9. The smallest absolute Gasteiger partial charge is 0.407 e. The first-order valence-corrected chi connectivity index (χ1v) is 7.26. The van der Waals surface area contributed by atoms with Gasteiger partial charge in [-0.2, -0.15) is 5.10 Å². The molecule has 1 heterocycles. The van der Waals surface area contributed by atoms with Gasteiger partial charge in [-0.15, -0.1) is 0 Å². The van der Waals surface area contributed by atoms with Gasteiger partial charge < -0.3 is 10.0 Å². The monoisotopic (exact) mass is 281 g/mol. The lowest BCUT2D eigenvalue weighted by atomic mass is 9.83. The standard InChI is InChI=1S/C14H23N3O3/c1-10-3-5-11(6-4-10)8-17-13(18)7-12(15-17)9-16(2)14(19)20/h10-11H,3-9H2,1-2H3,(H,19,20). The molecule has 2 aliphatic rings. The van der Waals surface area contributed by atoms with Crippen LogP contribution in [0.5, 0.6) is 0 Å². The Kier molecular flexibility index (Phi) is 4.62. The van der Waals surface area contributed by atoms with E-state index in [0.717, 1.165) is 23.7 Å². The predicted octanol–water partition coefficient (Wildman–Crippen LogP) is 2.01. The van der Waals surface area contributed by atoms with Crippen LogP contribution in [0.1, 0.15) is 39.0 Å². The zero-order valence-corrected chi connectivity index (χ0v) is 12.2. The third-order valence-electron chi connectivity index (χ3n) is 4.22. The molecule has 0 spiro atoms. The average Bonchev–Trinajstić information content (AvgIpc) is 2.72.